The highest BCUT2D eigenvalue weighted by Crippen LogP contribution is 2.27. The SMILES string of the molecule is COc1ccc(C(Cc2ccc(C)cc2)C(=O)O)c(C)c1. The van der Waals surface area contributed by atoms with E-state index in [-0.39, 0.29) is 0 Å². The second-order valence-corrected chi connectivity index (χ2v) is 5.30. The highest BCUT2D eigenvalue weighted by atomic mass is 16.5. The molecule has 0 aliphatic heterocycles. The molecule has 0 aromatic heterocycles. The maximum absolute atomic E-state index is 11.6. The van der Waals surface area contributed by atoms with Gasteiger partial charge in [-0.15, -0.1) is 0 Å². The smallest absolute Gasteiger partial charge is 0.311 e. The molecule has 0 saturated heterocycles. The Morgan fingerprint density at radius 2 is 1.81 bits per heavy atom. The highest BCUT2D eigenvalue weighted by Gasteiger charge is 2.22. The van der Waals surface area contributed by atoms with E-state index < -0.39 is 11.9 Å². The van der Waals surface area contributed by atoms with Crippen LogP contribution in [0.15, 0.2) is 42.5 Å². The molecule has 3 heteroatoms. The van der Waals surface area contributed by atoms with E-state index in [9.17, 15) is 9.90 Å². The van der Waals surface area contributed by atoms with E-state index in [4.69, 9.17) is 4.74 Å². The van der Waals surface area contributed by atoms with Gasteiger partial charge in [0.2, 0.25) is 0 Å². The Balaban J connectivity index is 2.31. The molecule has 0 aliphatic carbocycles. The number of hydrogen-bond donors (Lipinski definition) is 1. The molecule has 1 atom stereocenters. The molecule has 0 saturated carbocycles. The molecule has 3 nitrogen and oxygen atoms in total. The van der Waals surface area contributed by atoms with Crippen LogP contribution in [0.2, 0.25) is 0 Å². The third-order valence-electron chi connectivity index (χ3n) is 3.71. The maximum atomic E-state index is 11.6. The van der Waals surface area contributed by atoms with Crippen molar-refractivity contribution in [3.8, 4) is 5.75 Å². The first kappa shape index (κ1) is 15.1. The fraction of sp³-hybridized carbons (Fsp3) is 0.278. The Morgan fingerprint density at radius 3 is 2.33 bits per heavy atom. The van der Waals surface area contributed by atoms with Crippen LogP contribution in [0.4, 0.5) is 0 Å². The molecule has 0 heterocycles. The van der Waals surface area contributed by atoms with Crippen molar-refractivity contribution < 1.29 is 14.6 Å². The number of carboxylic acids is 1. The topological polar surface area (TPSA) is 46.5 Å². The van der Waals surface area contributed by atoms with E-state index in [2.05, 4.69) is 0 Å². The molecule has 0 radical (unpaired) electrons. The van der Waals surface area contributed by atoms with Crippen molar-refractivity contribution in [2.24, 2.45) is 0 Å². The molecule has 2 aromatic rings. The van der Waals surface area contributed by atoms with Crippen LogP contribution in [0, 0.1) is 13.8 Å². The van der Waals surface area contributed by atoms with Gasteiger partial charge >= 0.3 is 5.97 Å². The predicted molar refractivity (Wildman–Crippen MR) is 83.0 cm³/mol. The number of ether oxygens (including phenoxy) is 1. The number of methoxy groups -OCH3 is 1. The van der Waals surface area contributed by atoms with Crippen LogP contribution in [-0.2, 0) is 11.2 Å². The Morgan fingerprint density at radius 1 is 1.14 bits per heavy atom. The van der Waals surface area contributed by atoms with E-state index in [1.165, 1.54) is 5.56 Å². The minimum atomic E-state index is -0.802. The van der Waals surface area contributed by atoms with Crippen LogP contribution in [0.1, 0.15) is 28.2 Å². The van der Waals surface area contributed by atoms with Crippen molar-refractivity contribution >= 4 is 5.97 Å². The van der Waals surface area contributed by atoms with Crippen LogP contribution >= 0.6 is 0 Å². The average molecular weight is 284 g/mol. The molecule has 0 spiro atoms. The van der Waals surface area contributed by atoms with Gasteiger partial charge in [-0.05, 0) is 49.1 Å². The van der Waals surface area contributed by atoms with Gasteiger partial charge in [0.15, 0.2) is 0 Å². The monoisotopic (exact) mass is 284 g/mol. The van der Waals surface area contributed by atoms with Gasteiger partial charge in [-0.2, -0.15) is 0 Å². The van der Waals surface area contributed by atoms with E-state index in [0.29, 0.717) is 6.42 Å². The molecular formula is C18H20O3. The first-order valence-corrected chi connectivity index (χ1v) is 6.94. The Kier molecular flexibility index (Phi) is 4.63. The molecular weight excluding hydrogens is 264 g/mol. The number of rotatable bonds is 5. The van der Waals surface area contributed by atoms with Gasteiger partial charge in [-0.25, -0.2) is 0 Å². The first-order valence-electron chi connectivity index (χ1n) is 6.94. The number of aryl methyl sites for hydroxylation is 2. The summed E-state index contributed by atoms with van der Waals surface area (Å²) in [5, 5.41) is 9.56. The van der Waals surface area contributed by atoms with Crippen molar-refractivity contribution in [1.29, 1.82) is 0 Å². The van der Waals surface area contributed by atoms with Crippen LogP contribution < -0.4 is 4.74 Å². The molecule has 0 aliphatic rings. The van der Waals surface area contributed by atoms with Crippen LogP contribution in [0.3, 0.4) is 0 Å². The minimum Gasteiger partial charge on any atom is -0.497 e. The zero-order valence-corrected chi connectivity index (χ0v) is 12.6. The van der Waals surface area contributed by atoms with E-state index in [1.807, 2.05) is 56.3 Å². The van der Waals surface area contributed by atoms with Crippen molar-refractivity contribution in [3.05, 3.63) is 64.7 Å². The van der Waals surface area contributed by atoms with Gasteiger partial charge < -0.3 is 9.84 Å². The third-order valence-corrected chi connectivity index (χ3v) is 3.71. The molecule has 2 aromatic carbocycles. The molecule has 0 amide bonds. The summed E-state index contributed by atoms with van der Waals surface area (Å²) < 4.78 is 5.17. The van der Waals surface area contributed by atoms with E-state index in [1.54, 1.807) is 7.11 Å². The van der Waals surface area contributed by atoms with Crippen molar-refractivity contribution in [2.45, 2.75) is 26.2 Å². The summed E-state index contributed by atoms with van der Waals surface area (Å²) in [6, 6.07) is 13.5. The molecule has 110 valence electrons. The summed E-state index contributed by atoms with van der Waals surface area (Å²) in [6.45, 7) is 3.94. The number of benzene rings is 2. The van der Waals surface area contributed by atoms with Crippen molar-refractivity contribution in [1.82, 2.24) is 0 Å². The van der Waals surface area contributed by atoms with Gasteiger partial charge in [0.25, 0.3) is 0 Å². The third kappa shape index (κ3) is 3.63. The number of aliphatic carboxylic acids is 1. The van der Waals surface area contributed by atoms with E-state index >= 15 is 0 Å². The largest absolute Gasteiger partial charge is 0.497 e. The second kappa shape index (κ2) is 6.44. The lowest BCUT2D eigenvalue weighted by molar-refractivity contribution is -0.138. The normalized spacial score (nSPS) is 12.0. The van der Waals surface area contributed by atoms with Crippen LogP contribution in [-0.4, -0.2) is 18.2 Å². The number of carbonyl (C=O) groups is 1. The average Bonchev–Trinajstić information content (AvgIpc) is 2.46. The molecule has 2 rings (SSSR count). The van der Waals surface area contributed by atoms with Crippen LogP contribution in [0.5, 0.6) is 5.75 Å². The molecule has 0 bridgehead atoms. The Bertz CT molecular complexity index is 629. The van der Waals surface area contributed by atoms with Gasteiger partial charge in [0.05, 0.1) is 13.0 Å². The lowest BCUT2D eigenvalue weighted by atomic mass is 9.89. The number of hydrogen-bond acceptors (Lipinski definition) is 2. The second-order valence-electron chi connectivity index (χ2n) is 5.30. The van der Waals surface area contributed by atoms with Crippen molar-refractivity contribution in [3.63, 3.8) is 0 Å². The quantitative estimate of drug-likeness (QED) is 0.910. The van der Waals surface area contributed by atoms with Gasteiger partial charge in [0, 0.05) is 0 Å². The van der Waals surface area contributed by atoms with Gasteiger partial charge in [0.1, 0.15) is 5.75 Å². The summed E-state index contributed by atoms with van der Waals surface area (Å²) in [5.74, 6) is -0.599. The molecule has 1 unspecified atom stereocenters. The molecule has 0 fully saturated rings. The first-order chi connectivity index (χ1) is 10.0. The zero-order chi connectivity index (χ0) is 15.4. The lowest BCUT2D eigenvalue weighted by Gasteiger charge is -2.16. The maximum Gasteiger partial charge on any atom is 0.311 e. The molecule has 1 N–H and O–H groups in total. The summed E-state index contributed by atoms with van der Waals surface area (Å²) in [5.41, 5.74) is 3.98. The van der Waals surface area contributed by atoms with E-state index in [0.717, 1.165) is 22.4 Å². The fourth-order valence-corrected chi connectivity index (χ4v) is 2.46. The van der Waals surface area contributed by atoms with Crippen LogP contribution in [0.25, 0.3) is 0 Å². The van der Waals surface area contributed by atoms with Crippen molar-refractivity contribution in [2.75, 3.05) is 7.11 Å². The van der Waals surface area contributed by atoms with Gasteiger partial charge in [-0.3, -0.25) is 4.79 Å². The lowest BCUT2D eigenvalue weighted by Crippen LogP contribution is -2.15. The summed E-state index contributed by atoms with van der Waals surface area (Å²) in [4.78, 5) is 11.6. The predicted octanol–water partition coefficient (Wildman–Crippen LogP) is 3.72. The zero-order valence-electron chi connectivity index (χ0n) is 12.6. The molecule has 21 heavy (non-hydrogen) atoms. The summed E-state index contributed by atoms with van der Waals surface area (Å²) in [6.07, 6.45) is 0.489. The summed E-state index contributed by atoms with van der Waals surface area (Å²) >= 11 is 0. The number of carboxylic acid groups (broad SMARTS) is 1. The Labute approximate surface area is 125 Å². The highest BCUT2D eigenvalue weighted by molar-refractivity contribution is 5.77. The fourth-order valence-electron chi connectivity index (χ4n) is 2.46. The van der Waals surface area contributed by atoms with Gasteiger partial charge in [-0.1, -0.05) is 35.9 Å². The standard InChI is InChI=1S/C18H20O3/c1-12-4-6-14(7-5-12)11-17(18(19)20)16-9-8-15(21-3)10-13(16)2/h4-10,17H,11H2,1-3H3,(H,19,20). The minimum absolute atomic E-state index is 0.489. The Hall–Kier alpha value is -2.29. The summed E-state index contributed by atoms with van der Waals surface area (Å²) in [7, 11) is 1.61.